The van der Waals surface area contributed by atoms with Gasteiger partial charge in [0.05, 0.1) is 43.0 Å². The number of rotatable bonds is 8. The number of nitrogens with zero attached hydrogens (tertiary/aromatic N) is 4. The SMILES string of the molecule is COC(=O)N[C@@H](C)C(=O)N1CCC[C@H]1C1=Nc2ccc(-c3ccc4cc(-c5ccc6nc([C@@H]7CCCN7C(=O)[C@H](C)NC(=O)OC)[nH]c6c5)ccc4c3)cc2C1. The van der Waals surface area contributed by atoms with E-state index in [1.165, 1.54) is 14.2 Å². The lowest BCUT2D eigenvalue weighted by atomic mass is 9.95. The number of benzene rings is 4. The number of carbonyl (C=O) groups is 4. The van der Waals surface area contributed by atoms with Crippen molar-refractivity contribution >= 4 is 57.2 Å². The third-order valence-corrected chi connectivity index (χ3v) is 11.3. The number of nitrogens with one attached hydrogen (secondary N) is 3. The first kappa shape index (κ1) is 36.7. The lowest BCUT2D eigenvalue weighted by Crippen LogP contribution is -2.50. The number of aromatic amines is 1. The first-order chi connectivity index (χ1) is 27.1. The van der Waals surface area contributed by atoms with E-state index in [4.69, 9.17) is 9.98 Å². The van der Waals surface area contributed by atoms with Crippen LogP contribution in [-0.2, 0) is 25.5 Å². The standard InChI is InChI=1S/C43H45N7O6/c1-24(44-42(53)55-3)40(51)49-17-5-7-37(49)36-23-32-21-30(13-15-33(32)46-36)28-10-9-27-20-29(12-11-26(27)19-28)31-14-16-34-35(22-31)48-39(47-34)38-8-6-18-50(38)41(52)25(2)45-43(54)56-4/h9-16,19-22,24-25,37-38H,5-8,17-18,23H2,1-4H3,(H,44,53)(H,45,54)(H,47,48)/t24-,25-,37-,38-/m0/s1. The topological polar surface area (TPSA) is 158 Å². The van der Waals surface area contributed by atoms with E-state index in [2.05, 4.69) is 91.8 Å². The summed E-state index contributed by atoms with van der Waals surface area (Å²) in [5.74, 6) is 0.446. The van der Waals surface area contributed by atoms with Gasteiger partial charge in [-0.3, -0.25) is 14.6 Å². The number of imidazole rings is 1. The van der Waals surface area contributed by atoms with Crippen LogP contribution in [0.4, 0.5) is 15.3 Å². The Morgan fingerprint density at radius 1 is 0.714 bits per heavy atom. The van der Waals surface area contributed by atoms with Gasteiger partial charge in [-0.25, -0.2) is 14.6 Å². The fourth-order valence-corrected chi connectivity index (χ4v) is 8.35. The highest BCUT2D eigenvalue weighted by Crippen LogP contribution is 2.37. The summed E-state index contributed by atoms with van der Waals surface area (Å²) in [6, 6.07) is 23.9. The zero-order valence-electron chi connectivity index (χ0n) is 31.9. The molecule has 288 valence electrons. The lowest BCUT2D eigenvalue weighted by molar-refractivity contribution is -0.134. The Morgan fingerprint density at radius 2 is 1.25 bits per heavy atom. The molecule has 3 N–H and O–H groups in total. The van der Waals surface area contributed by atoms with Gasteiger partial charge in [0.25, 0.3) is 0 Å². The number of ether oxygens (including phenoxy) is 2. The van der Waals surface area contributed by atoms with Crippen LogP contribution in [0.3, 0.4) is 0 Å². The van der Waals surface area contributed by atoms with Crippen molar-refractivity contribution in [1.82, 2.24) is 30.4 Å². The molecule has 13 heteroatoms. The summed E-state index contributed by atoms with van der Waals surface area (Å²) < 4.78 is 9.35. The quantitative estimate of drug-likeness (QED) is 0.157. The molecule has 1 aromatic heterocycles. The maximum atomic E-state index is 13.2. The molecule has 2 saturated heterocycles. The number of aromatic nitrogens is 2. The molecule has 0 spiro atoms. The number of amides is 4. The van der Waals surface area contributed by atoms with Gasteiger partial charge in [0, 0.05) is 25.2 Å². The lowest BCUT2D eigenvalue weighted by Gasteiger charge is -2.27. The molecule has 4 amide bonds. The number of methoxy groups -OCH3 is 2. The number of H-pyrrole nitrogens is 1. The van der Waals surface area contributed by atoms with E-state index in [1.807, 2.05) is 11.0 Å². The first-order valence-electron chi connectivity index (χ1n) is 19.1. The second-order valence-corrected chi connectivity index (χ2v) is 14.8. The maximum Gasteiger partial charge on any atom is 0.407 e. The third-order valence-electron chi connectivity index (χ3n) is 11.3. The van der Waals surface area contributed by atoms with Gasteiger partial charge in [0.15, 0.2) is 0 Å². The van der Waals surface area contributed by atoms with Gasteiger partial charge in [0.1, 0.15) is 17.9 Å². The molecule has 4 atom stereocenters. The molecule has 3 aliphatic rings. The summed E-state index contributed by atoms with van der Waals surface area (Å²) in [6.07, 6.45) is 2.80. The average molecular weight is 756 g/mol. The van der Waals surface area contributed by atoms with E-state index < -0.39 is 24.3 Å². The van der Waals surface area contributed by atoms with Crippen LogP contribution in [0, 0.1) is 0 Å². The van der Waals surface area contributed by atoms with Crippen molar-refractivity contribution in [1.29, 1.82) is 0 Å². The Morgan fingerprint density at radius 3 is 1.88 bits per heavy atom. The molecule has 13 nitrogen and oxygen atoms in total. The van der Waals surface area contributed by atoms with Crippen LogP contribution in [0.25, 0.3) is 44.1 Å². The molecular weight excluding hydrogens is 711 g/mol. The van der Waals surface area contributed by atoms with Crippen molar-refractivity contribution < 1.29 is 28.7 Å². The van der Waals surface area contributed by atoms with Crippen LogP contribution in [0.5, 0.6) is 0 Å². The highest BCUT2D eigenvalue weighted by molar-refractivity contribution is 6.01. The fraction of sp³-hybridized carbons (Fsp3) is 0.349. The predicted molar refractivity (Wildman–Crippen MR) is 214 cm³/mol. The second-order valence-electron chi connectivity index (χ2n) is 14.8. The maximum absolute atomic E-state index is 13.2. The normalized spacial score (nSPS) is 18.8. The Kier molecular flexibility index (Phi) is 9.92. The summed E-state index contributed by atoms with van der Waals surface area (Å²) >= 11 is 0. The van der Waals surface area contributed by atoms with Gasteiger partial charge in [-0.2, -0.15) is 0 Å². The second kappa shape index (κ2) is 15.1. The van der Waals surface area contributed by atoms with E-state index in [-0.39, 0.29) is 23.9 Å². The molecule has 3 aliphatic heterocycles. The van der Waals surface area contributed by atoms with Crippen LogP contribution >= 0.6 is 0 Å². The zero-order valence-corrected chi connectivity index (χ0v) is 31.9. The summed E-state index contributed by atoms with van der Waals surface area (Å²) in [5, 5.41) is 7.43. The van der Waals surface area contributed by atoms with Crippen LogP contribution in [0.15, 0.2) is 77.8 Å². The summed E-state index contributed by atoms with van der Waals surface area (Å²) in [7, 11) is 2.56. The molecule has 5 aromatic rings. The number of fused-ring (bicyclic) bond motifs is 3. The van der Waals surface area contributed by atoms with Gasteiger partial charge in [-0.05, 0) is 115 Å². The molecule has 8 rings (SSSR count). The van der Waals surface area contributed by atoms with Gasteiger partial charge in [-0.15, -0.1) is 0 Å². The summed E-state index contributed by atoms with van der Waals surface area (Å²) in [5.41, 5.74) is 9.16. The Labute approximate surface area is 324 Å². The molecule has 0 unspecified atom stereocenters. The van der Waals surface area contributed by atoms with E-state index >= 15 is 0 Å². The van der Waals surface area contributed by atoms with E-state index in [0.29, 0.717) is 19.5 Å². The average Bonchev–Trinajstić information content (AvgIpc) is 4.04. The van der Waals surface area contributed by atoms with Gasteiger partial charge >= 0.3 is 12.2 Å². The van der Waals surface area contributed by atoms with Crippen molar-refractivity contribution in [2.24, 2.45) is 4.99 Å². The number of alkyl carbamates (subject to hydrolysis) is 2. The van der Waals surface area contributed by atoms with Crippen molar-refractivity contribution in [2.75, 3.05) is 27.3 Å². The minimum atomic E-state index is -0.707. The number of carbonyl (C=O) groups excluding carboxylic acids is 4. The van der Waals surface area contributed by atoms with Crippen molar-refractivity contribution in [3.8, 4) is 22.3 Å². The van der Waals surface area contributed by atoms with Gasteiger partial charge in [0.2, 0.25) is 11.8 Å². The Bertz CT molecular complexity index is 2410. The largest absolute Gasteiger partial charge is 0.453 e. The molecule has 0 saturated carbocycles. The molecular formula is C43H45N7O6. The van der Waals surface area contributed by atoms with Crippen molar-refractivity contribution in [3.63, 3.8) is 0 Å². The molecule has 4 aromatic carbocycles. The minimum absolute atomic E-state index is 0.0912. The van der Waals surface area contributed by atoms with Crippen LogP contribution in [0.1, 0.15) is 57.0 Å². The highest BCUT2D eigenvalue weighted by atomic mass is 16.5. The molecule has 0 bridgehead atoms. The fourth-order valence-electron chi connectivity index (χ4n) is 8.35. The summed E-state index contributed by atoms with van der Waals surface area (Å²) in [6.45, 7) is 4.58. The first-order valence-corrected chi connectivity index (χ1v) is 19.1. The molecule has 4 heterocycles. The minimum Gasteiger partial charge on any atom is -0.453 e. The number of aliphatic imine (C=N–C) groups is 1. The van der Waals surface area contributed by atoms with Crippen LogP contribution < -0.4 is 10.6 Å². The Balaban J connectivity index is 0.961. The predicted octanol–water partition coefficient (Wildman–Crippen LogP) is 6.82. The number of likely N-dealkylation sites (tertiary alicyclic amines) is 2. The van der Waals surface area contributed by atoms with E-state index in [0.717, 1.165) is 92.5 Å². The molecule has 0 aliphatic carbocycles. The van der Waals surface area contributed by atoms with E-state index in [1.54, 1.807) is 18.7 Å². The van der Waals surface area contributed by atoms with E-state index in [9.17, 15) is 19.2 Å². The molecule has 2 fully saturated rings. The Hall–Kier alpha value is -6.24. The van der Waals surface area contributed by atoms with Crippen molar-refractivity contribution in [3.05, 3.63) is 84.2 Å². The smallest absolute Gasteiger partial charge is 0.407 e. The zero-order chi connectivity index (χ0) is 39.1. The molecule has 0 radical (unpaired) electrons. The van der Waals surface area contributed by atoms with Gasteiger partial charge in [-0.1, -0.05) is 36.4 Å². The van der Waals surface area contributed by atoms with Gasteiger partial charge < -0.3 is 34.9 Å². The molecule has 56 heavy (non-hydrogen) atoms. The third kappa shape index (κ3) is 7.04. The number of hydrogen-bond donors (Lipinski definition) is 3. The van der Waals surface area contributed by atoms with Crippen LogP contribution in [0.2, 0.25) is 0 Å². The van der Waals surface area contributed by atoms with Crippen LogP contribution in [-0.4, -0.2) is 94.9 Å². The van der Waals surface area contributed by atoms with Crippen molar-refractivity contribution in [2.45, 2.75) is 70.1 Å². The summed E-state index contributed by atoms with van der Waals surface area (Å²) in [4.78, 5) is 66.8. The number of hydrogen-bond acceptors (Lipinski definition) is 8. The highest BCUT2D eigenvalue weighted by Gasteiger charge is 2.37. The monoisotopic (exact) mass is 755 g/mol.